The molecule has 1 fully saturated rings. The standard InChI is InChI=1S/C16H15N3O/c1-2-4-12-9-13(6-5-11(12)3-1)16-18-15(20-19-16)10-17-14-7-8-14/h1-6,9,14,17H,7-8,10H2. The summed E-state index contributed by atoms with van der Waals surface area (Å²) in [4.78, 5) is 4.45. The number of hydrogen-bond acceptors (Lipinski definition) is 4. The van der Waals surface area contributed by atoms with Gasteiger partial charge in [-0.15, -0.1) is 0 Å². The number of nitrogens with one attached hydrogen (secondary N) is 1. The van der Waals surface area contributed by atoms with Crippen molar-refractivity contribution >= 4 is 10.8 Å². The molecule has 4 rings (SSSR count). The fourth-order valence-corrected chi connectivity index (χ4v) is 2.29. The molecule has 1 aliphatic carbocycles. The molecule has 0 radical (unpaired) electrons. The van der Waals surface area contributed by atoms with Gasteiger partial charge in [0.2, 0.25) is 11.7 Å². The molecule has 0 atom stereocenters. The summed E-state index contributed by atoms with van der Waals surface area (Å²) in [6, 6.07) is 15.1. The smallest absolute Gasteiger partial charge is 0.240 e. The van der Waals surface area contributed by atoms with Crippen molar-refractivity contribution in [3.05, 3.63) is 48.4 Å². The Kier molecular flexibility index (Phi) is 2.74. The highest BCUT2D eigenvalue weighted by molar-refractivity contribution is 5.86. The molecule has 0 spiro atoms. The first-order chi connectivity index (χ1) is 9.88. The van der Waals surface area contributed by atoms with Gasteiger partial charge in [-0.05, 0) is 29.7 Å². The Morgan fingerprint density at radius 2 is 1.95 bits per heavy atom. The predicted molar refractivity (Wildman–Crippen MR) is 77.1 cm³/mol. The maximum atomic E-state index is 5.29. The van der Waals surface area contributed by atoms with E-state index in [0.717, 1.165) is 5.56 Å². The Bertz CT molecular complexity index is 746. The zero-order valence-corrected chi connectivity index (χ0v) is 11.0. The third-order valence-corrected chi connectivity index (χ3v) is 3.60. The van der Waals surface area contributed by atoms with Crippen molar-refractivity contribution in [2.75, 3.05) is 0 Å². The van der Waals surface area contributed by atoms with Crippen LogP contribution in [-0.4, -0.2) is 16.2 Å². The zero-order valence-electron chi connectivity index (χ0n) is 11.0. The Labute approximate surface area is 116 Å². The molecule has 4 nitrogen and oxygen atoms in total. The topological polar surface area (TPSA) is 51.0 Å². The lowest BCUT2D eigenvalue weighted by atomic mass is 10.1. The van der Waals surface area contributed by atoms with E-state index in [9.17, 15) is 0 Å². The minimum atomic E-state index is 0.644. The van der Waals surface area contributed by atoms with E-state index < -0.39 is 0 Å². The molecule has 100 valence electrons. The van der Waals surface area contributed by atoms with E-state index >= 15 is 0 Å². The summed E-state index contributed by atoms with van der Waals surface area (Å²) >= 11 is 0. The molecule has 2 aromatic carbocycles. The van der Waals surface area contributed by atoms with Gasteiger partial charge in [0.25, 0.3) is 0 Å². The summed E-state index contributed by atoms with van der Waals surface area (Å²) in [7, 11) is 0. The molecular weight excluding hydrogens is 250 g/mol. The van der Waals surface area contributed by atoms with Crippen LogP contribution in [0.1, 0.15) is 18.7 Å². The quantitative estimate of drug-likeness (QED) is 0.787. The second kappa shape index (κ2) is 4.72. The molecule has 4 heteroatoms. The molecule has 0 unspecified atom stereocenters. The predicted octanol–water partition coefficient (Wildman–Crippen LogP) is 3.14. The van der Waals surface area contributed by atoms with Crippen LogP contribution in [0.3, 0.4) is 0 Å². The normalized spacial score (nSPS) is 14.8. The van der Waals surface area contributed by atoms with E-state index in [4.69, 9.17) is 4.52 Å². The van der Waals surface area contributed by atoms with Gasteiger partial charge >= 0.3 is 0 Å². The average molecular weight is 265 g/mol. The molecule has 0 bridgehead atoms. The number of nitrogens with zero attached hydrogens (tertiary/aromatic N) is 2. The van der Waals surface area contributed by atoms with E-state index in [2.05, 4.69) is 39.7 Å². The van der Waals surface area contributed by atoms with Gasteiger partial charge in [0.05, 0.1) is 6.54 Å². The van der Waals surface area contributed by atoms with Gasteiger partial charge in [-0.1, -0.05) is 41.6 Å². The summed E-state index contributed by atoms with van der Waals surface area (Å²) in [6.45, 7) is 0.658. The van der Waals surface area contributed by atoms with Crippen LogP contribution in [0.5, 0.6) is 0 Å². The van der Waals surface area contributed by atoms with Crippen LogP contribution in [0.25, 0.3) is 22.2 Å². The van der Waals surface area contributed by atoms with Crippen molar-refractivity contribution in [2.24, 2.45) is 0 Å². The molecular formula is C16H15N3O. The fraction of sp³-hybridized carbons (Fsp3) is 0.250. The highest BCUT2D eigenvalue weighted by atomic mass is 16.5. The van der Waals surface area contributed by atoms with Crippen molar-refractivity contribution < 1.29 is 4.52 Å². The number of fused-ring (bicyclic) bond motifs is 1. The molecule has 0 aliphatic heterocycles. The molecule has 3 aromatic rings. The molecule has 0 saturated heterocycles. The fourth-order valence-electron chi connectivity index (χ4n) is 2.29. The highest BCUT2D eigenvalue weighted by Gasteiger charge is 2.21. The first-order valence-corrected chi connectivity index (χ1v) is 6.94. The Hall–Kier alpha value is -2.20. The van der Waals surface area contributed by atoms with Gasteiger partial charge in [-0.25, -0.2) is 0 Å². The molecule has 20 heavy (non-hydrogen) atoms. The molecule has 1 N–H and O–H groups in total. The van der Waals surface area contributed by atoms with Gasteiger partial charge in [0.1, 0.15) is 0 Å². The van der Waals surface area contributed by atoms with Crippen molar-refractivity contribution in [3.8, 4) is 11.4 Å². The third-order valence-electron chi connectivity index (χ3n) is 3.60. The van der Waals surface area contributed by atoms with Gasteiger partial charge < -0.3 is 9.84 Å². The number of rotatable bonds is 4. The molecule has 1 aliphatic rings. The van der Waals surface area contributed by atoms with Gasteiger partial charge in [0, 0.05) is 11.6 Å². The van der Waals surface area contributed by atoms with Crippen LogP contribution in [0.4, 0.5) is 0 Å². The van der Waals surface area contributed by atoms with Crippen LogP contribution in [-0.2, 0) is 6.54 Å². The second-order valence-electron chi connectivity index (χ2n) is 5.23. The summed E-state index contributed by atoms with van der Waals surface area (Å²) < 4.78 is 5.29. The summed E-state index contributed by atoms with van der Waals surface area (Å²) in [5.41, 5.74) is 0.991. The lowest BCUT2D eigenvalue weighted by Gasteiger charge is -1.99. The van der Waals surface area contributed by atoms with Crippen molar-refractivity contribution in [2.45, 2.75) is 25.4 Å². The van der Waals surface area contributed by atoms with E-state index in [1.54, 1.807) is 0 Å². The van der Waals surface area contributed by atoms with Gasteiger partial charge in [-0.2, -0.15) is 4.98 Å². The van der Waals surface area contributed by atoms with E-state index in [1.165, 1.54) is 23.6 Å². The lowest BCUT2D eigenvalue weighted by Crippen LogP contribution is -2.15. The third kappa shape index (κ3) is 2.30. The van der Waals surface area contributed by atoms with Crippen LogP contribution >= 0.6 is 0 Å². The summed E-state index contributed by atoms with van der Waals surface area (Å²) in [5.74, 6) is 1.31. The molecule has 1 saturated carbocycles. The minimum Gasteiger partial charge on any atom is -0.338 e. The van der Waals surface area contributed by atoms with Crippen molar-refractivity contribution in [1.29, 1.82) is 0 Å². The number of benzene rings is 2. The SMILES string of the molecule is c1ccc2cc(-c3noc(CNC4CC4)n3)ccc2c1. The lowest BCUT2D eigenvalue weighted by molar-refractivity contribution is 0.367. The first kappa shape index (κ1) is 11.6. The summed E-state index contributed by atoms with van der Waals surface area (Å²) in [6.07, 6.45) is 2.51. The second-order valence-corrected chi connectivity index (χ2v) is 5.23. The van der Waals surface area contributed by atoms with E-state index in [0.29, 0.717) is 24.3 Å². The van der Waals surface area contributed by atoms with Crippen LogP contribution in [0.2, 0.25) is 0 Å². The van der Waals surface area contributed by atoms with E-state index in [1.807, 2.05) is 18.2 Å². The van der Waals surface area contributed by atoms with Crippen LogP contribution < -0.4 is 5.32 Å². The first-order valence-electron chi connectivity index (χ1n) is 6.94. The van der Waals surface area contributed by atoms with Crippen molar-refractivity contribution in [1.82, 2.24) is 15.5 Å². The monoisotopic (exact) mass is 265 g/mol. The number of hydrogen-bond donors (Lipinski definition) is 1. The molecule has 1 heterocycles. The zero-order chi connectivity index (χ0) is 13.4. The molecule has 0 amide bonds. The van der Waals surface area contributed by atoms with Crippen molar-refractivity contribution in [3.63, 3.8) is 0 Å². The van der Waals surface area contributed by atoms with Gasteiger partial charge in [-0.3, -0.25) is 0 Å². The van der Waals surface area contributed by atoms with Crippen LogP contribution in [0.15, 0.2) is 47.0 Å². The van der Waals surface area contributed by atoms with Gasteiger partial charge in [0.15, 0.2) is 0 Å². The average Bonchev–Trinajstić information content (AvgIpc) is 3.21. The van der Waals surface area contributed by atoms with E-state index in [-0.39, 0.29) is 0 Å². The number of aromatic nitrogens is 2. The molecule has 1 aromatic heterocycles. The highest BCUT2D eigenvalue weighted by Crippen LogP contribution is 2.23. The Morgan fingerprint density at radius 3 is 2.80 bits per heavy atom. The summed E-state index contributed by atoms with van der Waals surface area (Å²) in [5, 5.41) is 9.84. The Balaban J connectivity index is 1.60. The maximum Gasteiger partial charge on any atom is 0.240 e. The Morgan fingerprint density at radius 1 is 1.10 bits per heavy atom. The van der Waals surface area contributed by atoms with Crippen LogP contribution in [0, 0.1) is 0 Å². The minimum absolute atomic E-state index is 0.644. The largest absolute Gasteiger partial charge is 0.338 e. The maximum absolute atomic E-state index is 5.29.